The molecule has 0 unspecified atom stereocenters. The first-order chi connectivity index (χ1) is 7.65. The molecule has 1 aliphatic heterocycles. The van der Waals surface area contributed by atoms with E-state index in [-0.39, 0.29) is 17.9 Å². The lowest BCUT2D eigenvalue weighted by atomic mass is 10.3. The first kappa shape index (κ1) is 13.7. The number of hydrogen-bond acceptors (Lipinski definition) is 4. The predicted molar refractivity (Wildman–Crippen MR) is 69.6 cm³/mol. The number of rotatable bonds is 5. The van der Waals surface area contributed by atoms with Gasteiger partial charge in [-0.1, -0.05) is 6.92 Å². The molecule has 1 aliphatic rings. The van der Waals surface area contributed by atoms with Crippen molar-refractivity contribution in [3.63, 3.8) is 0 Å². The number of hydrogen-bond donors (Lipinski definition) is 1. The molecular weight excluding hydrogens is 244 g/mol. The third kappa shape index (κ3) is 4.25. The average molecular weight is 262 g/mol. The SMILES string of the molecule is CCSC[C@H](NC(C)=O)C(=O)N1CCSC1. The summed E-state index contributed by atoms with van der Waals surface area (Å²) in [5.41, 5.74) is 0. The standard InChI is InChI=1S/C10H18N2O2S2/c1-3-15-6-9(11-8(2)13)10(14)12-4-5-16-7-12/h9H,3-7H2,1-2H3,(H,11,13)/t9-/m0/s1. The van der Waals surface area contributed by atoms with Crippen molar-refractivity contribution in [1.82, 2.24) is 10.2 Å². The van der Waals surface area contributed by atoms with Gasteiger partial charge in [0.15, 0.2) is 0 Å². The third-order valence-electron chi connectivity index (χ3n) is 2.23. The van der Waals surface area contributed by atoms with Crippen molar-refractivity contribution >= 4 is 35.3 Å². The Labute approximate surface area is 105 Å². The molecule has 16 heavy (non-hydrogen) atoms. The molecule has 1 atom stereocenters. The Morgan fingerprint density at radius 3 is 2.81 bits per heavy atom. The second kappa shape index (κ2) is 7.06. The molecule has 1 fully saturated rings. The van der Waals surface area contributed by atoms with Gasteiger partial charge >= 0.3 is 0 Å². The van der Waals surface area contributed by atoms with Gasteiger partial charge in [-0.3, -0.25) is 9.59 Å². The van der Waals surface area contributed by atoms with Crippen LogP contribution in [0.5, 0.6) is 0 Å². The number of amides is 2. The zero-order valence-electron chi connectivity index (χ0n) is 9.69. The minimum absolute atomic E-state index is 0.0566. The zero-order valence-corrected chi connectivity index (χ0v) is 11.3. The van der Waals surface area contributed by atoms with Gasteiger partial charge in [0.1, 0.15) is 6.04 Å². The summed E-state index contributed by atoms with van der Waals surface area (Å²) < 4.78 is 0. The molecule has 0 spiro atoms. The van der Waals surface area contributed by atoms with Crippen molar-refractivity contribution in [3.05, 3.63) is 0 Å². The summed E-state index contributed by atoms with van der Waals surface area (Å²) in [5, 5.41) is 2.73. The second-order valence-electron chi connectivity index (χ2n) is 3.55. The van der Waals surface area contributed by atoms with E-state index in [0.29, 0.717) is 5.75 Å². The number of nitrogens with zero attached hydrogens (tertiary/aromatic N) is 1. The molecule has 0 aromatic heterocycles. The third-order valence-corrected chi connectivity index (χ3v) is 4.17. The predicted octanol–water partition coefficient (Wildman–Crippen LogP) is 0.777. The molecule has 0 bridgehead atoms. The van der Waals surface area contributed by atoms with E-state index in [0.717, 1.165) is 23.9 Å². The average Bonchev–Trinajstić information content (AvgIpc) is 2.76. The summed E-state index contributed by atoms with van der Waals surface area (Å²) in [6.07, 6.45) is 0. The van der Waals surface area contributed by atoms with Crippen LogP contribution in [0.1, 0.15) is 13.8 Å². The highest BCUT2D eigenvalue weighted by Gasteiger charge is 2.26. The van der Waals surface area contributed by atoms with Crippen molar-refractivity contribution in [3.8, 4) is 0 Å². The molecule has 1 rings (SSSR count). The minimum atomic E-state index is -0.360. The lowest BCUT2D eigenvalue weighted by Gasteiger charge is -2.22. The highest BCUT2D eigenvalue weighted by molar-refractivity contribution is 7.99. The van der Waals surface area contributed by atoms with Crippen LogP contribution in [0, 0.1) is 0 Å². The summed E-state index contributed by atoms with van der Waals surface area (Å²) >= 11 is 3.43. The van der Waals surface area contributed by atoms with Crippen molar-refractivity contribution in [2.45, 2.75) is 19.9 Å². The van der Waals surface area contributed by atoms with E-state index in [2.05, 4.69) is 5.32 Å². The van der Waals surface area contributed by atoms with Crippen LogP contribution in [-0.4, -0.2) is 52.4 Å². The summed E-state index contributed by atoms with van der Waals surface area (Å²) in [5.74, 6) is 3.29. The van der Waals surface area contributed by atoms with Crippen molar-refractivity contribution < 1.29 is 9.59 Å². The fourth-order valence-electron chi connectivity index (χ4n) is 1.46. The van der Waals surface area contributed by atoms with Gasteiger partial charge in [0.05, 0.1) is 5.88 Å². The topological polar surface area (TPSA) is 49.4 Å². The summed E-state index contributed by atoms with van der Waals surface area (Å²) in [4.78, 5) is 24.9. The van der Waals surface area contributed by atoms with E-state index in [4.69, 9.17) is 0 Å². The van der Waals surface area contributed by atoms with Gasteiger partial charge in [-0.05, 0) is 5.75 Å². The van der Waals surface area contributed by atoms with Crippen LogP contribution in [0.15, 0.2) is 0 Å². The molecule has 0 aliphatic carbocycles. The van der Waals surface area contributed by atoms with E-state index in [1.165, 1.54) is 6.92 Å². The molecule has 1 heterocycles. The Morgan fingerprint density at radius 1 is 1.56 bits per heavy atom. The minimum Gasteiger partial charge on any atom is -0.344 e. The highest BCUT2D eigenvalue weighted by atomic mass is 32.2. The van der Waals surface area contributed by atoms with Crippen LogP contribution in [0.25, 0.3) is 0 Å². The first-order valence-corrected chi connectivity index (χ1v) is 7.67. The van der Waals surface area contributed by atoms with Gasteiger partial charge in [-0.25, -0.2) is 0 Å². The number of thioether (sulfide) groups is 2. The smallest absolute Gasteiger partial charge is 0.246 e. The van der Waals surface area contributed by atoms with Crippen molar-refractivity contribution in [1.29, 1.82) is 0 Å². The Balaban J connectivity index is 2.51. The quantitative estimate of drug-likeness (QED) is 0.795. The summed E-state index contributed by atoms with van der Waals surface area (Å²) in [7, 11) is 0. The Morgan fingerprint density at radius 2 is 2.31 bits per heavy atom. The maximum atomic E-state index is 12.1. The Bertz CT molecular complexity index is 255. The fourth-order valence-corrected chi connectivity index (χ4v) is 3.12. The van der Waals surface area contributed by atoms with Crippen LogP contribution in [0.3, 0.4) is 0 Å². The molecule has 1 saturated heterocycles. The van der Waals surface area contributed by atoms with Crippen molar-refractivity contribution in [2.75, 3.05) is 29.7 Å². The molecule has 92 valence electrons. The number of carbonyl (C=O) groups excluding carboxylic acids is 2. The number of carbonyl (C=O) groups is 2. The van der Waals surface area contributed by atoms with Crippen LogP contribution >= 0.6 is 23.5 Å². The molecule has 2 amide bonds. The lowest BCUT2D eigenvalue weighted by molar-refractivity contribution is -0.134. The van der Waals surface area contributed by atoms with Gasteiger partial charge in [-0.2, -0.15) is 11.8 Å². The van der Waals surface area contributed by atoms with Crippen LogP contribution in [0.2, 0.25) is 0 Å². The van der Waals surface area contributed by atoms with Crippen LogP contribution < -0.4 is 5.32 Å². The second-order valence-corrected chi connectivity index (χ2v) is 5.95. The highest BCUT2D eigenvalue weighted by Crippen LogP contribution is 2.15. The van der Waals surface area contributed by atoms with E-state index in [9.17, 15) is 9.59 Å². The van der Waals surface area contributed by atoms with Gasteiger partial charge in [-0.15, -0.1) is 11.8 Å². The van der Waals surface area contributed by atoms with Crippen LogP contribution in [0.4, 0.5) is 0 Å². The molecule has 0 aromatic carbocycles. The molecule has 0 saturated carbocycles. The van der Waals surface area contributed by atoms with E-state index in [1.807, 2.05) is 11.8 Å². The maximum absolute atomic E-state index is 12.1. The fraction of sp³-hybridized carbons (Fsp3) is 0.800. The Kier molecular flexibility index (Phi) is 6.05. The van der Waals surface area contributed by atoms with Gasteiger partial charge in [0.2, 0.25) is 11.8 Å². The molecule has 1 N–H and O–H groups in total. The molecular formula is C10H18N2O2S2. The largest absolute Gasteiger partial charge is 0.344 e. The first-order valence-electron chi connectivity index (χ1n) is 5.36. The molecule has 0 radical (unpaired) electrons. The lowest BCUT2D eigenvalue weighted by Crippen LogP contribution is -2.48. The van der Waals surface area contributed by atoms with E-state index in [1.54, 1.807) is 23.5 Å². The normalized spacial score (nSPS) is 17.2. The van der Waals surface area contributed by atoms with Crippen LogP contribution in [-0.2, 0) is 9.59 Å². The summed E-state index contributed by atoms with van der Waals surface area (Å²) in [6, 6.07) is -0.360. The van der Waals surface area contributed by atoms with E-state index >= 15 is 0 Å². The maximum Gasteiger partial charge on any atom is 0.246 e. The Hall–Kier alpha value is -0.360. The molecule has 0 aromatic rings. The van der Waals surface area contributed by atoms with Crippen molar-refractivity contribution in [2.24, 2.45) is 0 Å². The molecule has 6 heteroatoms. The van der Waals surface area contributed by atoms with E-state index < -0.39 is 0 Å². The zero-order chi connectivity index (χ0) is 12.0. The van der Waals surface area contributed by atoms with Gasteiger partial charge in [0.25, 0.3) is 0 Å². The van der Waals surface area contributed by atoms with Gasteiger partial charge in [0, 0.05) is 25.0 Å². The summed E-state index contributed by atoms with van der Waals surface area (Å²) in [6.45, 7) is 4.30. The monoisotopic (exact) mass is 262 g/mol. The number of nitrogens with one attached hydrogen (secondary N) is 1. The van der Waals surface area contributed by atoms with Gasteiger partial charge < -0.3 is 10.2 Å². The molecule has 4 nitrogen and oxygen atoms in total.